The first-order valence-electron chi connectivity index (χ1n) is 9.66. The summed E-state index contributed by atoms with van der Waals surface area (Å²) in [6, 6.07) is 0. The van der Waals surface area contributed by atoms with Gasteiger partial charge in [0.15, 0.2) is 0 Å². The Bertz CT molecular complexity index is 460. The van der Waals surface area contributed by atoms with Gasteiger partial charge < -0.3 is 9.67 Å². The van der Waals surface area contributed by atoms with Gasteiger partial charge in [-0.3, -0.25) is 0 Å². The molecule has 23 heavy (non-hydrogen) atoms. The van der Waals surface area contributed by atoms with Gasteiger partial charge in [-0.2, -0.15) is 0 Å². The minimum Gasteiger partial charge on any atom is -0.396 e. The van der Waals surface area contributed by atoms with Gasteiger partial charge in [0.05, 0.1) is 12.9 Å². The molecular formula is C20H31N2O. The molecule has 5 rings (SSSR count). The number of nitrogens with zero attached hydrogens (tertiary/aromatic N) is 2. The van der Waals surface area contributed by atoms with Crippen LogP contribution < -0.4 is 0 Å². The first kappa shape index (κ1) is 15.7. The second-order valence-electron chi connectivity index (χ2n) is 8.76. The highest BCUT2D eigenvalue weighted by Gasteiger charge is 2.50. The Morgan fingerprint density at radius 2 is 1.83 bits per heavy atom. The minimum absolute atomic E-state index is 0.323. The van der Waals surface area contributed by atoms with Crippen LogP contribution in [0.3, 0.4) is 0 Å². The summed E-state index contributed by atoms with van der Waals surface area (Å²) in [7, 11) is 0. The zero-order valence-corrected chi connectivity index (χ0v) is 14.2. The van der Waals surface area contributed by atoms with E-state index in [1.807, 2.05) is 18.7 Å². The van der Waals surface area contributed by atoms with Crippen molar-refractivity contribution in [2.45, 2.75) is 64.2 Å². The smallest absolute Gasteiger partial charge is 0.0949 e. The van der Waals surface area contributed by atoms with Crippen molar-refractivity contribution in [2.75, 3.05) is 6.61 Å². The molecule has 1 unspecified atom stereocenters. The third-order valence-corrected chi connectivity index (χ3v) is 6.96. The average Bonchev–Trinajstić information content (AvgIpc) is 3.02. The maximum absolute atomic E-state index is 9.42. The van der Waals surface area contributed by atoms with Gasteiger partial charge in [0.1, 0.15) is 0 Å². The van der Waals surface area contributed by atoms with Gasteiger partial charge in [0.2, 0.25) is 0 Å². The van der Waals surface area contributed by atoms with Crippen LogP contribution in [0.25, 0.3) is 0 Å². The van der Waals surface area contributed by atoms with E-state index in [2.05, 4.69) is 16.1 Å². The zero-order chi connectivity index (χ0) is 15.7. The van der Waals surface area contributed by atoms with Crippen molar-refractivity contribution in [2.24, 2.45) is 29.1 Å². The molecule has 4 aliphatic carbocycles. The molecule has 4 saturated carbocycles. The zero-order valence-electron chi connectivity index (χ0n) is 14.2. The summed E-state index contributed by atoms with van der Waals surface area (Å²) in [5.74, 6) is 3.77. The molecule has 0 saturated heterocycles. The Morgan fingerprint density at radius 1 is 1.13 bits per heavy atom. The molecular weight excluding hydrogens is 284 g/mol. The molecule has 4 aliphatic rings. The quantitative estimate of drug-likeness (QED) is 0.777. The molecule has 1 radical (unpaired) electrons. The fourth-order valence-electron chi connectivity index (χ4n) is 6.32. The van der Waals surface area contributed by atoms with Crippen molar-refractivity contribution in [3.8, 4) is 0 Å². The van der Waals surface area contributed by atoms with Crippen molar-refractivity contribution in [1.82, 2.24) is 9.55 Å². The molecule has 0 aromatic carbocycles. The SMILES string of the molecule is OCCC(C[CH]n1ccnc1)CCC12CC3CC(CC(C3)C1)C2. The van der Waals surface area contributed by atoms with Crippen LogP contribution in [0.1, 0.15) is 64.2 Å². The van der Waals surface area contributed by atoms with Gasteiger partial charge in [-0.05, 0) is 93.3 Å². The molecule has 1 atom stereocenters. The summed E-state index contributed by atoms with van der Waals surface area (Å²) in [4.78, 5) is 4.10. The first-order chi connectivity index (χ1) is 11.2. The van der Waals surface area contributed by atoms with Gasteiger partial charge in [-0.1, -0.05) is 0 Å². The second-order valence-corrected chi connectivity index (χ2v) is 8.76. The van der Waals surface area contributed by atoms with Crippen LogP contribution in [0.5, 0.6) is 0 Å². The van der Waals surface area contributed by atoms with Crippen LogP contribution >= 0.6 is 0 Å². The molecule has 0 aliphatic heterocycles. The van der Waals surface area contributed by atoms with E-state index in [0.717, 1.165) is 30.6 Å². The Morgan fingerprint density at radius 3 is 2.39 bits per heavy atom. The fraction of sp³-hybridized carbons (Fsp3) is 0.800. The molecule has 0 amide bonds. The Labute approximate surface area is 140 Å². The van der Waals surface area contributed by atoms with E-state index in [1.165, 1.54) is 51.4 Å². The Balaban J connectivity index is 1.32. The van der Waals surface area contributed by atoms with E-state index in [0.29, 0.717) is 17.9 Å². The van der Waals surface area contributed by atoms with Gasteiger partial charge in [-0.25, -0.2) is 4.98 Å². The van der Waals surface area contributed by atoms with Gasteiger partial charge in [-0.15, -0.1) is 0 Å². The number of aromatic nitrogens is 2. The van der Waals surface area contributed by atoms with Crippen LogP contribution in [-0.2, 0) is 0 Å². The third-order valence-electron chi connectivity index (χ3n) is 6.96. The third kappa shape index (κ3) is 3.50. The molecule has 0 spiro atoms. The van der Waals surface area contributed by atoms with E-state index in [9.17, 15) is 5.11 Å². The molecule has 1 aromatic rings. The van der Waals surface area contributed by atoms with Gasteiger partial charge in [0, 0.05) is 19.0 Å². The molecule has 4 bridgehead atoms. The van der Waals surface area contributed by atoms with Crippen molar-refractivity contribution in [3.63, 3.8) is 0 Å². The highest BCUT2D eigenvalue weighted by molar-refractivity contribution is 5.01. The molecule has 127 valence electrons. The Kier molecular flexibility index (Phi) is 4.49. The summed E-state index contributed by atoms with van der Waals surface area (Å²) in [6.07, 6.45) is 19.5. The van der Waals surface area contributed by atoms with E-state index in [4.69, 9.17) is 0 Å². The van der Waals surface area contributed by atoms with Crippen LogP contribution in [0.2, 0.25) is 0 Å². The summed E-state index contributed by atoms with van der Waals surface area (Å²) in [6.45, 7) is 2.55. The average molecular weight is 315 g/mol. The largest absolute Gasteiger partial charge is 0.396 e. The van der Waals surface area contributed by atoms with E-state index < -0.39 is 0 Å². The summed E-state index contributed by atoms with van der Waals surface area (Å²) in [5, 5.41) is 9.42. The molecule has 1 heterocycles. The molecule has 3 nitrogen and oxygen atoms in total. The molecule has 1 aromatic heterocycles. The Hall–Kier alpha value is -0.830. The van der Waals surface area contributed by atoms with Crippen molar-refractivity contribution in [1.29, 1.82) is 0 Å². The number of hydrogen-bond donors (Lipinski definition) is 1. The maximum atomic E-state index is 9.42. The van der Waals surface area contributed by atoms with Crippen molar-refractivity contribution < 1.29 is 5.11 Å². The lowest BCUT2D eigenvalue weighted by atomic mass is 9.48. The van der Waals surface area contributed by atoms with Crippen molar-refractivity contribution >= 4 is 0 Å². The summed E-state index contributed by atoms with van der Waals surface area (Å²) >= 11 is 0. The lowest BCUT2D eigenvalue weighted by Crippen LogP contribution is -2.46. The second kappa shape index (κ2) is 6.58. The summed E-state index contributed by atoms with van der Waals surface area (Å²) < 4.78 is 2.05. The van der Waals surface area contributed by atoms with E-state index in [-0.39, 0.29) is 0 Å². The standard InChI is InChI=1S/C20H31N2O/c23-8-3-16(2-6-22-7-5-21-15-22)1-4-20-12-17-9-18(13-20)11-19(10-17)14-20/h5-7,15-19,23H,1-4,8-14H2. The van der Waals surface area contributed by atoms with Gasteiger partial charge >= 0.3 is 0 Å². The highest BCUT2D eigenvalue weighted by atomic mass is 16.3. The number of aliphatic hydroxyl groups excluding tert-OH is 1. The van der Waals surface area contributed by atoms with Crippen molar-refractivity contribution in [3.05, 3.63) is 25.3 Å². The fourth-order valence-corrected chi connectivity index (χ4v) is 6.32. The molecule has 1 N–H and O–H groups in total. The molecule has 3 heteroatoms. The minimum atomic E-state index is 0.323. The number of aliphatic hydroxyl groups is 1. The lowest BCUT2D eigenvalue weighted by molar-refractivity contribution is -0.0603. The number of imidazole rings is 1. The summed E-state index contributed by atoms with van der Waals surface area (Å²) in [5.41, 5.74) is 0.678. The van der Waals surface area contributed by atoms with Crippen LogP contribution in [-0.4, -0.2) is 21.3 Å². The first-order valence-corrected chi connectivity index (χ1v) is 9.66. The number of rotatable bonds is 8. The maximum Gasteiger partial charge on any atom is 0.0949 e. The van der Waals surface area contributed by atoms with Crippen LogP contribution in [0, 0.1) is 35.6 Å². The predicted molar refractivity (Wildman–Crippen MR) is 91.6 cm³/mol. The van der Waals surface area contributed by atoms with E-state index >= 15 is 0 Å². The monoisotopic (exact) mass is 315 g/mol. The predicted octanol–water partition coefficient (Wildman–Crippen LogP) is 4.28. The van der Waals surface area contributed by atoms with Crippen LogP contribution in [0.15, 0.2) is 18.7 Å². The van der Waals surface area contributed by atoms with Gasteiger partial charge in [0.25, 0.3) is 0 Å². The van der Waals surface area contributed by atoms with E-state index in [1.54, 1.807) is 0 Å². The molecule has 4 fully saturated rings. The lowest BCUT2D eigenvalue weighted by Gasteiger charge is -2.57. The highest BCUT2D eigenvalue weighted by Crippen LogP contribution is 2.61. The van der Waals surface area contributed by atoms with Crippen LogP contribution in [0.4, 0.5) is 0 Å². The normalized spacial score (nSPS) is 36.5. The number of hydrogen-bond acceptors (Lipinski definition) is 2. The topological polar surface area (TPSA) is 38.0 Å².